The van der Waals surface area contributed by atoms with Crippen molar-refractivity contribution in [1.29, 1.82) is 0 Å². The molecule has 2 unspecified atom stereocenters. The molecule has 29 heavy (non-hydrogen) atoms. The molecule has 5 nitrogen and oxygen atoms in total. The number of nitrogens with zero attached hydrogens (tertiary/aromatic N) is 1. The lowest BCUT2D eigenvalue weighted by Gasteiger charge is -2.29. The third-order valence-electron chi connectivity index (χ3n) is 5.42. The van der Waals surface area contributed by atoms with Crippen molar-refractivity contribution in [3.8, 4) is 0 Å². The smallest absolute Gasteiger partial charge is 0.238 e. The van der Waals surface area contributed by atoms with Crippen LogP contribution in [0, 0.1) is 0 Å². The third kappa shape index (κ3) is 4.77. The Morgan fingerprint density at radius 3 is 2.69 bits per heavy atom. The SMILES string of the molecule is O=C(CC1Sc2ccccc2NC1=O)NCC(c1ccccc1Cl)N1CCCC1. The summed E-state index contributed by atoms with van der Waals surface area (Å²) >= 11 is 7.89. The molecule has 0 aliphatic carbocycles. The molecule has 0 aromatic heterocycles. The maximum Gasteiger partial charge on any atom is 0.238 e. The van der Waals surface area contributed by atoms with E-state index in [0.717, 1.165) is 47.1 Å². The zero-order chi connectivity index (χ0) is 20.2. The first-order valence-electron chi connectivity index (χ1n) is 9.93. The number of amides is 2. The van der Waals surface area contributed by atoms with Crippen molar-refractivity contribution < 1.29 is 9.59 Å². The fraction of sp³-hybridized carbons (Fsp3) is 0.364. The monoisotopic (exact) mass is 429 g/mol. The number of rotatable bonds is 6. The van der Waals surface area contributed by atoms with Gasteiger partial charge in [0.1, 0.15) is 0 Å². The van der Waals surface area contributed by atoms with Crippen molar-refractivity contribution in [1.82, 2.24) is 10.2 Å². The Balaban J connectivity index is 1.39. The van der Waals surface area contributed by atoms with Gasteiger partial charge in [-0.05, 0) is 49.7 Å². The van der Waals surface area contributed by atoms with Crippen molar-refractivity contribution >= 4 is 40.9 Å². The minimum Gasteiger partial charge on any atom is -0.354 e. The summed E-state index contributed by atoms with van der Waals surface area (Å²) in [5.74, 6) is -0.237. The van der Waals surface area contributed by atoms with E-state index >= 15 is 0 Å². The molecular weight excluding hydrogens is 406 g/mol. The van der Waals surface area contributed by atoms with Crippen LogP contribution in [0.4, 0.5) is 5.69 Å². The van der Waals surface area contributed by atoms with Crippen molar-refractivity contribution in [2.24, 2.45) is 0 Å². The molecule has 2 aliphatic heterocycles. The zero-order valence-electron chi connectivity index (χ0n) is 16.1. The van der Waals surface area contributed by atoms with E-state index in [-0.39, 0.29) is 24.3 Å². The van der Waals surface area contributed by atoms with E-state index in [9.17, 15) is 9.59 Å². The Morgan fingerprint density at radius 2 is 1.90 bits per heavy atom. The number of fused-ring (bicyclic) bond motifs is 1. The maximum atomic E-state index is 12.6. The second kappa shape index (κ2) is 9.20. The summed E-state index contributed by atoms with van der Waals surface area (Å²) in [4.78, 5) is 28.4. The second-order valence-corrected chi connectivity index (χ2v) is 9.03. The number of para-hydroxylation sites is 1. The average molecular weight is 430 g/mol. The van der Waals surface area contributed by atoms with Crippen LogP contribution in [0.1, 0.15) is 30.9 Å². The predicted octanol–water partition coefficient (Wildman–Crippen LogP) is 4.10. The number of halogens is 1. The summed E-state index contributed by atoms with van der Waals surface area (Å²) in [6.07, 6.45) is 2.47. The molecular formula is C22H24ClN3O2S. The van der Waals surface area contributed by atoms with Crippen LogP contribution < -0.4 is 10.6 Å². The predicted molar refractivity (Wildman–Crippen MR) is 117 cm³/mol. The van der Waals surface area contributed by atoms with Crippen LogP contribution in [0.3, 0.4) is 0 Å². The van der Waals surface area contributed by atoms with Gasteiger partial charge in [0.2, 0.25) is 11.8 Å². The topological polar surface area (TPSA) is 61.4 Å². The van der Waals surface area contributed by atoms with E-state index in [1.807, 2.05) is 48.5 Å². The van der Waals surface area contributed by atoms with Crippen molar-refractivity contribution in [2.45, 2.75) is 35.4 Å². The Hall–Kier alpha value is -2.02. The van der Waals surface area contributed by atoms with Gasteiger partial charge in [0, 0.05) is 22.9 Å². The van der Waals surface area contributed by atoms with E-state index in [1.54, 1.807) is 0 Å². The molecule has 2 atom stereocenters. The lowest BCUT2D eigenvalue weighted by molar-refractivity contribution is -0.124. The van der Waals surface area contributed by atoms with E-state index in [2.05, 4.69) is 15.5 Å². The van der Waals surface area contributed by atoms with Crippen LogP contribution in [-0.2, 0) is 9.59 Å². The summed E-state index contributed by atoms with van der Waals surface area (Å²) in [5.41, 5.74) is 1.85. The fourth-order valence-electron chi connectivity index (χ4n) is 3.91. The van der Waals surface area contributed by atoms with E-state index in [1.165, 1.54) is 11.8 Å². The molecule has 152 valence electrons. The number of hydrogen-bond donors (Lipinski definition) is 2. The van der Waals surface area contributed by atoms with Crippen LogP contribution in [0.25, 0.3) is 0 Å². The van der Waals surface area contributed by atoms with Gasteiger partial charge in [0.25, 0.3) is 0 Å². The summed E-state index contributed by atoms with van der Waals surface area (Å²) in [6.45, 7) is 2.49. The van der Waals surface area contributed by atoms with Gasteiger partial charge in [-0.3, -0.25) is 14.5 Å². The molecule has 2 aromatic carbocycles. The minimum absolute atomic E-state index is 0.0451. The molecule has 2 aliphatic rings. The molecule has 2 heterocycles. The van der Waals surface area contributed by atoms with Gasteiger partial charge in [0.15, 0.2) is 0 Å². The van der Waals surface area contributed by atoms with Crippen LogP contribution in [0.2, 0.25) is 5.02 Å². The quantitative estimate of drug-likeness (QED) is 0.725. The highest BCUT2D eigenvalue weighted by molar-refractivity contribution is 8.01. The third-order valence-corrected chi connectivity index (χ3v) is 7.04. The van der Waals surface area contributed by atoms with Crippen LogP contribution in [0.5, 0.6) is 0 Å². The number of carbonyl (C=O) groups excluding carboxylic acids is 2. The van der Waals surface area contributed by atoms with Crippen LogP contribution in [0.15, 0.2) is 53.4 Å². The van der Waals surface area contributed by atoms with E-state index < -0.39 is 5.25 Å². The molecule has 2 N–H and O–H groups in total. The van der Waals surface area contributed by atoms with Gasteiger partial charge in [-0.25, -0.2) is 0 Å². The van der Waals surface area contributed by atoms with Gasteiger partial charge >= 0.3 is 0 Å². The van der Waals surface area contributed by atoms with E-state index in [0.29, 0.717) is 6.54 Å². The average Bonchev–Trinajstić information content (AvgIpc) is 3.24. The minimum atomic E-state index is -0.421. The number of benzene rings is 2. The van der Waals surface area contributed by atoms with Gasteiger partial charge in [-0.2, -0.15) is 0 Å². The van der Waals surface area contributed by atoms with Crippen molar-refractivity contribution in [3.05, 3.63) is 59.1 Å². The summed E-state index contributed by atoms with van der Waals surface area (Å²) in [6, 6.07) is 15.5. The largest absolute Gasteiger partial charge is 0.354 e. The lowest BCUT2D eigenvalue weighted by Crippen LogP contribution is -2.39. The molecule has 0 bridgehead atoms. The molecule has 4 rings (SSSR count). The lowest BCUT2D eigenvalue weighted by atomic mass is 10.1. The molecule has 0 radical (unpaired) electrons. The highest BCUT2D eigenvalue weighted by Gasteiger charge is 2.30. The van der Waals surface area contributed by atoms with Crippen LogP contribution >= 0.6 is 23.4 Å². The Kier molecular flexibility index (Phi) is 6.43. The summed E-state index contributed by atoms with van der Waals surface area (Å²) < 4.78 is 0. The molecule has 0 saturated carbocycles. The molecule has 1 fully saturated rings. The Labute approximate surface area is 180 Å². The summed E-state index contributed by atoms with van der Waals surface area (Å²) in [5, 5.41) is 6.24. The molecule has 7 heteroatoms. The van der Waals surface area contributed by atoms with Gasteiger partial charge in [-0.15, -0.1) is 11.8 Å². The van der Waals surface area contributed by atoms with E-state index in [4.69, 9.17) is 11.6 Å². The molecule has 2 aromatic rings. The highest BCUT2D eigenvalue weighted by atomic mass is 35.5. The van der Waals surface area contributed by atoms with Gasteiger partial charge in [0.05, 0.1) is 17.0 Å². The number of nitrogens with one attached hydrogen (secondary N) is 2. The second-order valence-electron chi connectivity index (χ2n) is 7.38. The maximum absolute atomic E-state index is 12.6. The van der Waals surface area contributed by atoms with Gasteiger partial charge < -0.3 is 10.6 Å². The van der Waals surface area contributed by atoms with Crippen molar-refractivity contribution in [3.63, 3.8) is 0 Å². The first-order chi connectivity index (χ1) is 14.1. The molecule has 2 amide bonds. The number of thioether (sulfide) groups is 1. The van der Waals surface area contributed by atoms with Crippen molar-refractivity contribution in [2.75, 3.05) is 25.0 Å². The Bertz CT molecular complexity index is 901. The van der Waals surface area contributed by atoms with Gasteiger partial charge in [-0.1, -0.05) is 41.9 Å². The number of likely N-dealkylation sites (tertiary alicyclic amines) is 1. The zero-order valence-corrected chi connectivity index (χ0v) is 17.6. The summed E-state index contributed by atoms with van der Waals surface area (Å²) in [7, 11) is 0. The molecule has 1 saturated heterocycles. The number of hydrogen-bond acceptors (Lipinski definition) is 4. The fourth-order valence-corrected chi connectivity index (χ4v) is 5.28. The first kappa shape index (κ1) is 20.3. The number of carbonyl (C=O) groups is 2. The molecule has 0 spiro atoms. The first-order valence-corrected chi connectivity index (χ1v) is 11.2. The normalized spacial score (nSPS) is 20.0. The van der Waals surface area contributed by atoms with Crippen LogP contribution in [-0.4, -0.2) is 41.6 Å². The Morgan fingerprint density at radius 1 is 1.17 bits per heavy atom. The standard InChI is InChI=1S/C22H24ClN3O2S/c23-16-8-2-1-7-15(16)18(26-11-5-6-12-26)14-24-21(27)13-20-22(28)25-17-9-3-4-10-19(17)29-20/h1-4,7-10,18,20H,5-6,11-14H2,(H,24,27)(H,25,28). The number of anilines is 1. The highest BCUT2D eigenvalue weighted by Crippen LogP contribution is 2.36.